The van der Waals surface area contributed by atoms with E-state index in [4.69, 9.17) is 13.0 Å². The van der Waals surface area contributed by atoms with Crippen molar-refractivity contribution in [3.05, 3.63) is 42.0 Å². The van der Waals surface area contributed by atoms with Gasteiger partial charge in [0.25, 0.3) is 0 Å². The molecule has 0 bridgehead atoms. The van der Waals surface area contributed by atoms with E-state index in [-0.39, 0.29) is 0 Å². The second-order valence-electron chi connectivity index (χ2n) is 5.43. The molecule has 1 aromatic carbocycles. The summed E-state index contributed by atoms with van der Waals surface area (Å²) in [4.78, 5) is 0. The summed E-state index contributed by atoms with van der Waals surface area (Å²) < 4.78 is 17.5. The Kier molecular flexibility index (Phi) is 5.70. The average Bonchev–Trinajstić information content (AvgIpc) is 2.37. The third-order valence-electron chi connectivity index (χ3n) is 2.72. The summed E-state index contributed by atoms with van der Waals surface area (Å²) in [6.45, 7) is 10.2. The lowest BCUT2D eigenvalue weighted by atomic mass is 10.1. The highest BCUT2D eigenvalue weighted by Crippen LogP contribution is 2.21. The van der Waals surface area contributed by atoms with Crippen LogP contribution in [-0.4, -0.2) is 31.3 Å². The maximum atomic E-state index is 6.20. The molecule has 0 heterocycles. The minimum absolute atomic E-state index is 0.696. The second kappa shape index (κ2) is 6.63. The highest BCUT2D eigenvalue weighted by Gasteiger charge is 2.43. The van der Waals surface area contributed by atoms with Gasteiger partial charge < -0.3 is 13.0 Å². The molecule has 1 rings (SSSR count). The summed E-state index contributed by atoms with van der Waals surface area (Å²) >= 11 is 0. The van der Waals surface area contributed by atoms with Crippen LogP contribution in [0, 0.1) is 0 Å². The Hall–Kier alpha value is -0.726. The molecule has 5 heteroatoms. The molecule has 1 aromatic rings. The molecule has 0 atom stereocenters. The van der Waals surface area contributed by atoms with Gasteiger partial charge in [-0.05, 0) is 30.8 Å². The van der Waals surface area contributed by atoms with E-state index in [1.54, 1.807) is 14.2 Å². The molecular weight excluding hydrogens is 272 g/mol. The Labute approximate surface area is 118 Å². The highest BCUT2D eigenvalue weighted by atomic mass is 28.5. The molecule has 19 heavy (non-hydrogen) atoms. The zero-order valence-corrected chi connectivity index (χ0v) is 14.5. The fraction of sp³-hybridized carbons (Fsp3) is 0.429. The summed E-state index contributed by atoms with van der Waals surface area (Å²) in [7, 11) is -0.973. The first-order valence-electron chi connectivity index (χ1n) is 6.36. The first-order chi connectivity index (χ1) is 8.84. The van der Waals surface area contributed by atoms with Gasteiger partial charge in [-0.25, -0.2) is 0 Å². The van der Waals surface area contributed by atoms with Gasteiger partial charge in [0.2, 0.25) is 0 Å². The van der Waals surface area contributed by atoms with Gasteiger partial charge >= 0.3 is 8.80 Å². The smallest absolute Gasteiger partial charge is 0.416 e. The van der Waals surface area contributed by atoms with Gasteiger partial charge in [-0.15, -0.1) is 0 Å². The summed E-state index contributed by atoms with van der Waals surface area (Å²) in [5.41, 5.74) is 2.27. The monoisotopic (exact) mass is 296 g/mol. The Morgan fingerprint density at radius 2 is 1.58 bits per heavy atom. The fourth-order valence-electron chi connectivity index (χ4n) is 1.84. The minimum Gasteiger partial charge on any atom is -0.416 e. The molecule has 0 saturated heterocycles. The van der Waals surface area contributed by atoms with E-state index >= 15 is 0 Å². The highest BCUT2D eigenvalue weighted by molar-refractivity contribution is 6.79. The molecule has 3 nitrogen and oxygen atoms in total. The van der Waals surface area contributed by atoms with Crippen LogP contribution in [0.5, 0.6) is 0 Å². The van der Waals surface area contributed by atoms with Gasteiger partial charge in [0.1, 0.15) is 0 Å². The van der Waals surface area contributed by atoms with Crippen LogP contribution in [0.3, 0.4) is 0 Å². The van der Waals surface area contributed by atoms with Crippen molar-refractivity contribution >= 4 is 23.2 Å². The Morgan fingerprint density at radius 1 is 1.05 bits per heavy atom. The molecule has 0 unspecified atom stereocenters. The van der Waals surface area contributed by atoms with Gasteiger partial charge in [-0.2, -0.15) is 0 Å². The van der Waals surface area contributed by atoms with E-state index in [2.05, 4.69) is 38.4 Å². The maximum absolute atomic E-state index is 6.20. The van der Waals surface area contributed by atoms with Gasteiger partial charge in [0, 0.05) is 20.3 Å². The molecule has 0 aliphatic rings. The molecule has 0 spiro atoms. The van der Waals surface area contributed by atoms with Crippen LogP contribution in [-0.2, 0) is 19.0 Å². The summed E-state index contributed by atoms with van der Waals surface area (Å²) in [5.74, 6) is 0. The largest absolute Gasteiger partial charge is 0.494 e. The Morgan fingerprint density at radius 3 is 1.95 bits per heavy atom. The molecule has 0 fully saturated rings. The van der Waals surface area contributed by atoms with Crippen molar-refractivity contribution in [2.75, 3.05) is 14.2 Å². The van der Waals surface area contributed by atoms with Gasteiger partial charge in [0.05, 0.1) is 0 Å². The molecule has 0 saturated carbocycles. The number of hydrogen-bond donors (Lipinski definition) is 0. The number of rotatable bonds is 7. The van der Waals surface area contributed by atoms with E-state index in [0.29, 0.717) is 6.04 Å². The molecule has 0 aromatic heterocycles. The third-order valence-corrected chi connectivity index (χ3v) is 8.50. The van der Waals surface area contributed by atoms with Crippen LogP contribution in [0.15, 0.2) is 30.8 Å². The Balaban J connectivity index is 2.90. The van der Waals surface area contributed by atoms with Crippen LogP contribution >= 0.6 is 0 Å². The first-order valence-corrected chi connectivity index (χ1v) is 11.7. The van der Waals surface area contributed by atoms with Crippen molar-refractivity contribution in [3.8, 4) is 0 Å². The lowest BCUT2D eigenvalue weighted by molar-refractivity contribution is 0.157. The van der Waals surface area contributed by atoms with Crippen LogP contribution < -0.4 is 0 Å². The molecule has 0 aliphatic heterocycles. The van der Waals surface area contributed by atoms with E-state index in [9.17, 15) is 0 Å². The zero-order chi connectivity index (χ0) is 14.5. The Bertz CT molecular complexity index is 406. The zero-order valence-electron chi connectivity index (χ0n) is 12.5. The summed E-state index contributed by atoms with van der Waals surface area (Å²) in [6.07, 6.45) is 1.83. The lowest BCUT2D eigenvalue weighted by Gasteiger charge is -2.33. The molecule has 0 radical (unpaired) electrons. The maximum Gasteiger partial charge on any atom is 0.494 e. The SMILES string of the molecule is C=Cc1ccc(C[Si](OC)(OC)O[Si](C)(C)C)cc1. The fourth-order valence-corrected chi connectivity index (χ4v) is 7.71. The number of benzene rings is 1. The van der Waals surface area contributed by atoms with Crippen molar-refractivity contribution in [2.45, 2.75) is 25.7 Å². The van der Waals surface area contributed by atoms with Crippen molar-refractivity contribution < 1.29 is 13.0 Å². The van der Waals surface area contributed by atoms with Crippen LogP contribution in [0.25, 0.3) is 6.08 Å². The number of hydrogen-bond acceptors (Lipinski definition) is 3. The van der Waals surface area contributed by atoms with E-state index in [0.717, 1.165) is 5.56 Å². The molecule has 0 N–H and O–H groups in total. The lowest BCUT2D eigenvalue weighted by Crippen LogP contribution is -2.53. The van der Waals surface area contributed by atoms with Crippen LogP contribution in [0.4, 0.5) is 0 Å². The predicted octanol–water partition coefficient (Wildman–Crippen LogP) is 3.49. The van der Waals surface area contributed by atoms with Crippen LogP contribution in [0.1, 0.15) is 11.1 Å². The quantitative estimate of drug-likeness (QED) is 0.721. The van der Waals surface area contributed by atoms with Gasteiger partial charge in [-0.3, -0.25) is 0 Å². The van der Waals surface area contributed by atoms with Gasteiger partial charge in [0.15, 0.2) is 8.32 Å². The van der Waals surface area contributed by atoms with E-state index < -0.39 is 17.1 Å². The average molecular weight is 297 g/mol. The van der Waals surface area contributed by atoms with E-state index in [1.807, 2.05) is 18.2 Å². The van der Waals surface area contributed by atoms with Crippen molar-refractivity contribution in [3.63, 3.8) is 0 Å². The molecule has 0 aliphatic carbocycles. The van der Waals surface area contributed by atoms with Crippen LogP contribution in [0.2, 0.25) is 19.6 Å². The molecule has 0 amide bonds. The summed E-state index contributed by atoms with van der Waals surface area (Å²) in [6, 6.07) is 8.93. The van der Waals surface area contributed by atoms with Crippen molar-refractivity contribution in [2.24, 2.45) is 0 Å². The molecular formula is C14H24O3Si2. The van der Waals surface area contributed by atoms with Crippen molar-refractivity contribution in [1.82, 2.24) is 0 Å². The molecule has 106 valence electrons. The normalized spacial score (nSPS) is 12.5. The standard InChI is InChI=1S/C14H24O3Si2/c1-7-13-8-10-14(11-9-13)12-19(15-2,16-3)17-18(4,5)6/h7-11H,1,12H2,2-6H3. The minimum atomic E-state index is -2.61. The van der Waals surface area contributed by atoms with Crippen molar-refractivity contribution in [1.29, 1.82) is 0 Å². The topological polar surface area (TPSA) is 27.7 Å². The summed E-state index contributed by atoms with van der Waals surface area (Å²) in [5, 5.41) is 0. The second-order valence-corrected chi connectivity index (χ2v) is 13.0. The third kappa shape index (κ3) is 5.04. The van der Waals surface area contributed by atoms with Gasteiger partial charge in [-0.1, -0.05) is 36.9 Å². The van der Waals surface area contributed by atoms with E-state index in [1.165, 1.54) is 5.56 Å². The predicted molar refractivity (Wildman–Crippen MR) is 84.4 cm³/mol. The first kappa shape index (κ1) is 16.3.